The number of imidazole rings is 1. The molecule has 0 unspecified atom stereocenters. The molecule has 1 heterocycles. The molecule has 2 aromatic carbocycles. The average Bonchev–Trinajstić information content (AvgIpc) is 2.89. The second kappa shape index (κ2) is 5.09. The molecule has 21 heavy (non-hydrogen) atoms. The molecule has 1 aromatic heterocycles. The highest BCUT2D eigenvalue weighted by Crippen LogP contribution is 2.14. The summed E-state index contributed by atoms with van der Waals surface area (Å²) in [4.78, 5) is 30.3. The fourth-order valence-corrected chi connectivity index (χ4v) is 1.98. The smallest absolute Gasteiger partial charge is 0.257 e. The first kappa shape index (κ1) is 12.9. The average molecular weight is 280 g/mol. The van der Waals surface area contributed by atoms with E-state index in [0.29, 0.717) is 17.1 Å². The predicted octanol–water partition coefficient (Wildman–Crippen LogP) is 1.91. The molecule has 0 aliphatic rings. The van der Waals surface area contributed by atoms with Gasteiger partial charge in [0.2, 0.25) is 11.9 Å². The van der Waals surface area contributed by atoms with E-state index in [1.165, 1.54) is 24.3 Å². The lowest BCUT2D eigenvalue weighted by atomic mass is 10.1. The van der Waals surface area contributed by atoms with Crippen molar-refractivity contribution >= 4 is 28.8 Å². The molecule has 104 valence electrons. The van der Waals surface area contributed by atoms with Gasteiger partial charge in [0.05, 0.1) is 11.0 Å². The van der Waals surface area contributed by atoms with Crippen LogP contribution in [0.1, 0.15) is 20.7 Å². The highest BCUT2D eigenvalue weighted by Gasteiger charge is 2.10. The minimum atomic E-state index is -0.528. The van der Waals surface area contributed by atoms with E-state index >= 15 is 0 Å². The molecule has 0 aliphatic carbocycles. The standard InChI is InChI=1S/C15H12N4O2/c16-13(20)9-5-7-10(8-6-9)14(21)19-15-17-11-3-1-2-4-12(11)18-15/h1-8H,(H2,16,20)(H2,17,18,19,21). The van der Waals surface area contributed by atoms with Gasteiger partial charge >= 0.3 is 0 Å². The summed E-state index contributed by atoms with van der Waals surface area (Å²) in [5.41, 5.74) is 7.55. The number of primary amides is 1. The quantitative estimate of drug-likeness (QED) is 0.683. The van der Waals surface area contributed by atoms with Crippen molar-refractivity contribution in [2.45, 2.75) is 0 Å². The molecule has 0 fully saturated rings. The van der Waals surface area contributed by atoms with Crippen LogP contribution in [0.15, 0.2) is 48.5 Å². The van der Waals surface area contributed by atoms with E-state index in [9.17, 15) is 9.59 Å². The number of aromatic amines is 1. The van der Waals surface area contributed by atoms with E-state index in [1.807, 2.05) is 24.3 Å². The molecule has 6 heteroatoms. The maximum Gasteiger partial charge on any atom is 0.257 e. The van der Waals surface area contributed by atoms with Crippen molar-refractivity contribution in [1.82, 2.24) is 9.97 Å². The fraction of sp³-hybridized carbons (Fsp3) is 0. The van der Waals surface area contributed by atoms with Gasteiger partial charge in [0, 0.05) is 11.1 Å². The summed E-state index contributed by atoms with van der Waals surface area (Å²) in [5, 5.41) is 2.67. The Balaban J connectivity index is 1.80. The second-order valence-corrected chi connectivity index (χ2v) is 4.50. The summed E-state index contributed by atoms with van der Waals surface area (Å²) in [6.45, 7) is 0. The van der Waals surface area contributed by atoms with Gasteiger partial charge in [-0.05, 0) is 36.4 Å². The van der Waals surface area contributed by atoms with E-state index in [4.69, 9.17) is 5.73 Å². The van der Waals surface area contributed by atoms with Gasteiger partial charge < -0.3 is 10.7 Å². The van der Waals surface area contributed by atoms with Crippen LogP contribution in [0.3, 0.4) is 0 Å². The topological polar surface area (TPSA) is 101 Å². The number of nitrogens with two attached hydrogens (primary N) is 1. The van der Waals surface area contributed by atoms with Crippen LogP contribution in [-0.4, -0.2) is 21.8 Å². The Morgan fingerprint density at radius 1 is 1.00 bits per heavy atom. The number of hydrogen-bond acceptors (Lipinski definition) is 3. The Morgan fingerprint density at radius 3 is 2.33 bits per heavy atom. The molecule has 0 aliphatic heterocycles. The highest BCUT2D eigenvalue weighted by atomic mass is 16.2. The van der Waals surface area contributed by atoms with Crippen LogP contribution in [0.5, 0.6) is 0 Å². The molecule has 0 saturated heterocycles. The number of rotatable bonds is 3. The summed E-state index contributed by atoms with van der Waals surface area (Å²) in [7, 11) is 0. The first-order valence-corrected chi connectivity index (χ1v) is 6.29. The zero-order valence-corrected chi connectivity index (χ0v) is 11.0. The minimum Gasteiger partial charge on any atom is -0.366 e. The molecule has 2 amide bonds. The number of fused-ring (bicyclic) bond motifs is 1. The van der Waals surface area contributed by atoms with Crippen molar-refractivity contribution in [3.63, 3.8) is 0 Å². The van der Waals surface area contributed by atoms with Gasteiger partial charge in [-0.1, -0.05) is 12.1 Å². The van der Waals surface area contributed by atoms with E-state index in [0.717, 1.165) is 11.0 Å². The monoisotopic (exact) mass is 280 g/mol. The van der Waals surface area contributed by atoms with Crippen molar-refractivity contribution in [3.8, 4) is 0 Å². The zero-order valence-electron chi connectivity index (χ0n) is 11.0. The van der Waals surface area contributed by atoms with Crippen molar-refractivity contribution in [3.05, 3.63) is 59.7 Å². The van der Waals surface area contributed by atoms with Crippen LogP contribution in [0.25, 0.3) is 11.0 Å². The fourth-order valence-electron chi connectivity index (χ4n) is 1.98. The lowest BCUT2D eigenvalue weighted by Crippen LogP contribution is -2.14. The van der Waals surface area contributed by atoms with Crippen LogP contribution in [-0.2, 0) is 0 Å². The maximum atomic E-state index is 12.1. The molecule has 0 atom stereocenters. The summed E-state index contributed by atoms with van der Waals surface area (Å²) in [5.74, 6) is -0.468. The third-order valence-electron chi connectivity index (χ3n) is 3.05. The van der Waals surface area contributed by atoms with Gasteiger partial charge in [-0.15, -0.1) is 0 Å². The number of nitrogens with one attached hydrogen (secondary N) is 2. The van der Waals surface area contributed by atoms with Crippen LogP contribution < -0.4 is 11.1 Å². The normalized spacial score (nSPS) is 10.5. The number of carbonyl (C=O) groups excluding carboxylic acids is 2. The first-order chi connectivity index (χ1) is 10.1. The molecule has 3 rings (SSSR count). The predicted molar refractivity (Wildman–Crippen MR) is 79.0 cm³/mol. The Hall–Kier alpha value is -3.15. The number of carbonyl (C=O) groups is 2. The highest BCUT2D eigenvalue weighted by molar-refractivity contribution is 6.04. The first-order valence-electron chi connectivity index (χ1n) is 6.29. The molecule has 0 saturated carbocycles. The summed E-state index contributed by atoms with van der Waals surface area (Å²) < 4.78 is 0. The molecule has 0 bridgehead atoms. The van der Waals surface area contributed by atoms with Crippen molar-refractivity contribution < 1.29 is 9.59 Å². The number of hydrogen-bond donors (Lipinski definition) is 3. The number of benzene rings is 2. The van der Waals surface area contributed by atoms with Gasteiger partial charge in [0.15, 0.2) is 0 Å². The van der Waals surface area contributed by atoms with Gasteiger partial charge in [-0.2, -0.15) is 0 Å². The number of anilines is 1. The molecule has 0 spiro atoms. The lowest BCUT2D eigenvalue weighted by Gasteiger charge is -2.02. The van der Waals surface area contributed by atoms with Crippen LogP contribution >= 0.6 is 0 Å². The maximum absolute atomic E-state index is 12.1. The summed E-state index contributed by atoms with van der Waals surface area (Å²) in [6.07, 6.45) is 0. The third-order valence-corrected chi connectivity index (χ3v) is 3.05. The number of H-pyrrole nitrogens is 1. The third kappa shape index (κ3) is 2.59. The van der Waals surface area contributed by atoms with Crippen LogP contribution in [0, 0.1) is 0 Å². The summed E-state index contributed by atoms with van der Waals surface area (Å²) in [6, 6.07) is 13.6. The van der Waals surface area contributed by atoms with E-state index in [1.54, 1.807) is 0 Å². The summed E-state index contributed by atoms with van der Waals surface area (Å²) >= 11 is 0. The van der Waals surface area contributed by atoms with Crippen molar-refractivity contribution in [2.24, 2.45) is 5.73 Å². The van der Waals surface area contributed by atoms with Crippen molar-refractivity contribution in [2.75, 3.05) is 5.32 Å². The van der Waals surface area contributed by atoms with Gasteiger partial charge in [0.25, 0.3) is 5.91 Å². The molecule has 3 aromatic rings. The molecule has 6 nitrogen and oxygen atoms in total. The number of para-hydroxylation sites is 2. The lowest BCUT2D eigenvalue weighted by molar-refractivity contribution is 0.0995. The molecule has 4 N–H and O–H groups in total. The Labute approximate surface area is 120 Å². The molecular formula is C15H12N4O2. The van der Waals surface area contributed by atoms with Crippen LogP contribution in [0.4, 0.5) is 5.95 Å². The molecular weight excluding hydrogens is 268 g/mol. The van der Waals surface area contributed by atoms with Crippen LogP contribution in [0.2, 0.25) is 0 Å². The van der Waals surface area contributed by atoms with Gasteiger partial charge in [-0.3, -0.25) is 14.9 Å². The zero-order chi connectivity index (χ0) is 14.8. The van der Waals surface area contributed by atoms with Gasteiger partial charge in [-0.25, -0.2) is 4.98 Å². The SMILES string of the molecule is NC(=O)c1ccc(C(=O)Nc2nc3ccccc3[nH]2)cc1. The van der Waals surface area contributed by atoms with E-state index in [-0.39, 0.29) is 5.91 Å². The molecule has 0 radical (unpaired) electrons. The largest absolute Gasteiger partial charge is 0.366 e. The number of nitrogens with zero attached hydrogens (tertiary/aromatic N) is 1. The van der Waals surface area contributed by atoms with E-state index in [2.05, 4.69) is 15.3 Å². The number of aromatic nitrogens is 2. The minimum absolute atomic E-state index is 0.315. The number of amides is 2. The second-order valence-electron chi connectivity index (χ2n) is 4.50. The Kier molecular flexibility index (Phi) is 3.12. The Morgan fingerprint density at radius 2 is 1.67 bits per heavy atom. The van der Waals surface area contributed by atoms with Crippen molar-refractivity contribution in [1.29, 1.82) is 0 Å². The van der Waals surface area contributed by atoms with E-state index < -0.39 is 5.91 Å². The van der Waals surface area contributed by atoms with Gasteiger partial charge in [0.1, 0.15) is 0 Å². The Bertz CT molecular complexity index is 788.